The number of ether oxygens (including phenoxy) is 2. The Kier molecular flexibility index (Phi) is 6.53. The molecule has 2 aliphatic heterocycles. The Morgan fingerprint density at radius 3 is 2.41 bits per heavy atom. The Bertz CT molecular complexity index is 968. The van der Waals surface area contributed by atoms with Crippen LogP contribution >= 0.6 is 0 Å². The van der Waals surface area contributed by atoms with Gasteiger partial charge in [-0.2, -0.15) is 0 Å². The molecule has 7 nitrogen and oxygen atoms in total. The van der Waals surface area contributed by atoms with E-state index < -0.39 is 0 Å². The van der Waals surface area contributed by atoms with E-state index in [-0.39, 0.29) is 30.2 Å². The number of carbonyl (C=O) groups is 2. The summed E-state index contributed by atoms with van der Waals surface area (Å²) in [6.07, 6.45) is 2.00. The van der Waals surface area contributed by atoms with Crippen molar-refractivity contribution in [1.82, 2.24) is 5.32 Å². The van der Waals surface area contributed by atoms with E-state index in [9.17, 15) is 9.59 Å². The molecule has 2 aromatic rings. The van der Waals surface area contributed by atoms with Crippen LogP contribution in [0.2, 0.25) is 0 Å². The number of hydrogen-bond acceptors (Lipinski definition) is 5. The number of hydrogen-bond donors (Lipinski definition) is 1. The second-order valence-corrected chi connectivity index (χ2v) is 8.55. The van der Waals surface area contributed by atoms with E-state index >= 15 is 0 Å². The van der Waals surface area contributed by atoms with Gasteiger partial charge in [0.15, 0.2) is 0 Å². The van der Waals surface area contributed by atoms with Crippen molar-refractivity contribution in [1.29, 1.82) is 0 Å². The van der Waals surface area contributed by atoms with Crippen LogP contribution in [0.15, 0.2) is 42.5 Å². The van der Waals surface area contributed by atoms with Gasteiger partial charge in [0, 0.05) is 37.8 Å². The lowest BCUT2D eigenvalue weighted by molar-refractivity contribution is -0.127. The molecule has 2 aromatic carbocycles. The number of methoxy groups -OCH3 is 2. The highest BCUT2D eigenvalue weighted by Crippen LogP contribution is 2.34. The minimum absolute atomic E-state index is 0.0321. The van der Waals surface area contributed by atoms with Crippen LogP contribution in [0.3, 0.4) is 0 Å². The summed E-state index contributed by atoms with van der Waals surface area (Å²) in [6, 6.07) is 13.9. The SMILES string of the molecule is COc1ccc(N2CCC(NC(=O)C3CC(=O)N(c4cc(C)ccc4OC)C3)CC2)cc1. The summed E-state index contributed by atoms with van der Waals surface area (Å²) in [4.78, 5) is 29.6. The molecule has 0 radical (unpaired) electrons. The first-order chi connectivity index (χ1) is 15.5. The molecule has 2 saturated heterocycles. The van der Waals surface area contributed by atoms with Gasteiger partial charge in [-0.15, -0.1) is 0 Å². The monoisotopic (exact) mass is 437 g/mol. The molecule has 1 N–H and O–H groups in total. The molecule has 0 aliphatic carbocycles. The molecule has 2 amide bonds. The third kappa shape index (κ3) is 4.66. The number of nitrogens with zero attached hydrogens (tertiary/aromatic N) is 2. The van der Waals surface area contributed by atoms with Crippen LogP contribution in [-0.4, -0.2) is 51.7 Å². The highest BCUT2D eigenvalue weighted by Gasteiger charge is 2.37. The van der Waals surface area contributed by atoms with E-state index in [1.54, 1.807) is 19.1 Å². The minimum Gasteiger partial charge on any atom is -0.497 e. The summed E-state index contributed by atoms with van der Waals surface area (Å²) in [6.45, 7) is 4.13. The molecule has 2 fully saturated rings. The Morgan fingerprint density at radius 1 is 1.03 bits per heavy atom. The number of benzene rings is 2. The molecule has 1 unspecified atom stereocenters. The molecule has 7 heteroatoms. The van der Waals surface area contributed by atoms with Crippen molar-refractivity contribution >= 4 is 23.2 Å². The Morgan fingerprint density at radius 2 is 1.75 bits per heavy atom. The lowest BCUT2D eigenvalue weighted by Gasteiger charge is -2.34. The van der Waals surface area contributed by atoms with Crippen LogP contribution in [0.25, 0.3) is 0 Å². The van der Waals surface area contributed by atoms with E-state index in [4.69, 9.17) is 9.47 Å². The number of nitrogens with one attached hydrogen (secondary N) is 1. The number of amides is 2. The standard InChI is InChI=1S/C25H31N3O4/c1-17-4-9-23(32-3)22(14-17)28-16-18(15-24(28)29)25(30)26-19-10-12-27(13-11-19)20-5-7-21(31-2)8-6-20/h4-9,14,18-19H,10-13,15-16H2,1-3H3,(H,26,30). The number of carbonyl (C=O) groups excluding carboxylic acids is 2. The first-order valence-electron chi connectivity index (χ1n) is 11.1. The molecule has 32 heavy (non-hydrogen) atoms. The van der Waals surface area contributed by atoms with Gasteiger partial charge in [0.25, 0.3) is 0 Å². The van der Waals surface area contributed by atoms with Gasteiger partial charge in [-0.3, -0.25) is 9.59 Å². The van der Waals surface area contributed by atoms with Gasteiger partial charge in [-0.05, 0) is 61.7 Å². The zero-order chi connectivity index (χ0) is 22.7. The summed E-state index contributed by atoms with van der Waals surface area (Å²) in [7, 11) is 3.26. The minimum atomic E-state index is -0.340. The maximum absolute atomic E-state index is 12.9. The summed E-state index contributed by atoms with van der Waals surface area (Å²) < 4.78 is 10.7. The predicted molar refractivity (Wildman–Crippen MR) is 125 cm³/mol. The number of anilines is 2. The molecule has 0 bridgehead atoms. The zero-order valence-electron chi connectivity index (χ0n) is 19.0. The van der Waals surface area contributed by atoms with Crippen LogP contribution in [0.4, 0.5) is 11.4 Å². The van der Waals surface area contributed by atoms with Crippen LogP contribution < -0.4 is 24.6 Å². The van der Waals surface area contributed by atoms with Crippen molar-refractivity contribution in [2.45, 2.75) is 32.2 Å². The lowest BCUT2D eigenvalue weighted by Crippen LogP contribution is -2.46. The van der Waals surface area contributed by atoms with E-state index in [1.165, 1.54) is 5.69 Å². The second-order valence-electron chi connectivity index (χ2n) is 8.55. The second kappa shape index (κ2) is 9.51. The molecule has 0 spiro atoms. The van der Waals surface area contributed by atoms with Crippen molar-refractivity contribution in [3.05, 3.63) is 48.0 Å². The molecule has 2 heterocycles. The summed E-state index contributed by atoms with van der Waals surface area (Å²) in [5.74, 6) is 1.08. The number of rotatable bonds is 6. The average Bonchev–Trinajstić information content (AvgIpc) is 3.21. The Hall–Kier alpha value is -3.22. The topological polar surface area (TPSA) is 71.1 Å². The van der Waals surface area contributed by atoms with Gasteiger partial charge in [0.2, 0.25) is 11.8 Å². The third-order valence-electron chi connectivity index (χ3n) is 6.40. The predicted octanol–water partition coefficient (Wildman–Crippen LogP) is 3.15. The Labute approximate surface area is 189 Å². The van der Waals surface area contributed by atoms with Crippen LogP contribution in [0.1, 0.15) is 24.8 Å². The normalized spacial score (nSPS) is 19.2. The lowest BCUT2D eigenvalue weighted by atomic mass is 10.0. The van der Waals surface area contributed by atoms with Gasteiger partial charge < -0.3 is 24.6 Å². The average molecular weight is 438 g/mol. The fourth-order valence-corrected chi connectivity index (χ4v) is 4.52. The van der Waals surface area contributed by atoms with Crippen LogP contribution in [0.5, 0.6) is 11.5 Å². The van der Waals surface area contributed by atoms with Crippen molar-refractivity contribution in [2.24, 2.45) is 5.92 Å². The quantitative estimate of drug-likeness (QED) is 0.752. The van der Waals surface area contributed by atoms with Crippen molar-refractivity contribution in [3.8, 4) is 11.5 Å². The molecular weight excluding hydrogens is 406 g/mol. The maximum Gasteiger partial charge on any atom is 0.227 e. The molecule has 0 saturated carbocycles. The highest BCUT2D eigenvalue weighted by molar-refractivity contribution is 6.01. The number of aryl methyl sites for hydroxylation is 1. The molecule has 1 atom stereocenters. The zero-order valence-corrected chi connectivity index (χ0v) is 19.0. The summed E-state index contributed by atoms with van der Waals surface area (Å²) in [5, 5.41) is 3.19. The van der Waals surface area contributed by atoms with Gasteiger partial charge in [-0.25, -0.2) is 0 Å². The third-order valence-corrected chi connectivity index (χ3v) is 6.40. The van der Waals surface area contributed by atoms with Crippen LogP contribution in [-0.2, 0) is 9.59 Å². The van der Waals surface area contributed by atoms with Gasteiger partial charge >= 0.3 is 0 Å². The van der Waals surface area contributed by atoms with Crippen molar-refractivity contribution in [2.75, 3.05) is 43.7 Å². The molecule has 170 valence electrons. The first-order valence-corrected chi connectivity index (χ1v) is 11.1. The fraction of sp³-hybridized carbons (Fsp3) is 0.440. The maximum atomic E-state index is 12.9. The molecule has 2 aliphatic rings. The van der Waals surface area contributed by atoms with Gasteiger partial charge in [0.05, 0.1) is 25.8 Å². The van der Waals surface area contributed by atoms with E-state index in [0.29, 0.717) is 12.3 Å². The van der Waals surface area contributed by atoms with Gasteiger partial charge in [0.1, 0.15) is 11.5 Å². The fourth-order valence-electron chi connectivity index (χ4n) is 4.52. The largest absolute Gasteiger partial charge is 0.497 e. The van der Waals surface area contributed by atoms with Gasteiger partial charge in [-0.1, -0.05) is 6.07 Å². The Balaban J connectivity index is 1.32. The highest BCUT2D eigenvalue weighted by atomic mass is 16.5. The summed E-state index contributed by atoms with van der Waals surface area (Å²) in [5.41, 5.74) is 2.95. The smallest absolute Gasteiger partial charge is 0.227 e. The molecule has 4 rings (SSSR count). The molecule has 0 aromatic heterocycles. The summed E-state index contributed by atoms with van der Waals surface area (Å²) >= 11 is 0. The van der Waals surface area contributed by atoms with E-state index in [1.807, 2.05) is 37.3 Å². The van der Waals surface area contributed by atoms with E-state index in [0.717, 1.165) is 42.9 Å². The molecular formula is C25H31N3O4. The van der Waals surface area contributed by atoms with E-state index in [2.05, 4.69) is 22.3 Å². The van der Waals surface area contributed by atoms with Crippen molar-refractivity contribution in [3.63, 3.8) is 0 Å². The van der Waals surface area contributed by atoms with Crippen molar-refractivity contribution < 1.29 is 19.1 Å². The van der Waals surface area contributed by atoms with Crippen LogP contribution in [0, 0.1) is 12.8 Å². The number of piperidine rings is 1. The first kappa shape index (κ1) is 22.0.